The Morgan fingerprint density at radius 2 is 2.38 bits per heavy atom. The zero-order valence-corrected chi connectivity index (χ0v) is 11.4. The van der Waals surface area contributed by atoms with Crippen LogP contribution in [0, 0.1) is 0 Å². The molecule has 0 aromatic carbocycles. The first-order valence-corrected chi connectivity index (χ1v) is 6.39. The lowest BCUT2D eigenvalue weighted by molar-refractivity contribution is 0.0953. The van der Waals surface area contributed by atoms with Gasteiger partial charge in [0.05, 0.1) is 10.9 Å². The van der Waals surface area contributed by atoms with Gasteiger partial charge in [-0.25, -0.2) is 0 Å². The number of alkyl halides is 1. The third-order valence-corrected chi connectivity index (χ3v) is 2.86. The number of aromatic nitrogens is 1. The monoisotopic (exact) mass is 304 g/mol. The van der Waals surface area contributed by atoms with Crippen molar-refractivity contribution < 1.29 is 4.79 Å². The van der Waals surface area contributed by atoms with Gasteiger partial charge in [0, 0.05) is 23.4 Å². The molecule has 0 aliphatic carbocycles. The SMILES string of the molecule is CCCC(Cl)CNC(=O)c1cncc(Br)c1. The van der Waals surface area contributed by atoms with Crippen LogP contribution in [0.1, 0.15) is 30.1 Å². The van der Waals surface area contributed by atoms with Gasteiger partial charge < -0.3 is 5.32 Å². The molecule has 0 aliphatic rings. The Morgan fingerprint density at radius 1 is 1.62 bits per heavy atom. The van der Waals surface area contributed by atoms with E-state index in [0.29, 0.717) is 12.1 Å². The van der Waals surface area contributed by atoms with E-state index in [9.17, 15) is 4.79 Å². The summed E-state index contributed by atoms with van der Waals surface area (Å²) >= 11 is 9.27. The zero-order chi connectivity index (χ0) is 12.0. The van der Waals surface area contributed by atoms with Gasteiger partial charge >= 0.3 is 0 Å². The van der Waals surface area contributed by atoms with Crippen molar-refractivity contribution in [3.05, 3.63) is 28.5 Å². The quantitative estimate of drug-likeness (QED) is 0.850. The summed E-state index contributed by atoms with van der Waals surface area (Å²) in [6.45, 7) is 2.55. The van der Waals surface area contributed by atoms with Crippen molar-refractivity contribution in [3.8, 4) is 0 Å². The maximum atomic E-state index is 11.7. The molecule has 0 aliphatic heterocycles. The molecule has 1 rings (SSSR count). The summed E-state index contributed by atoms with van der Waals surface area (Å²) in [6.07, 6.45) is 5.09. The summed E-state index contributed by atoms with van der Waals surface area (Å²) in [7, 11) is 0. The Balaban J connectivity index is 2.47. The molecule has 0 fully saturated rings. The maximum absolute atomic E-state index is 11.7. The minimum absolute atomic E-state index is 0.00550. The molecule has 1 N–H and O–H groups in total. The van der Waals surface area contributed by atoms with Gasteiger partial charge in [0.15, 0.2) is 0 Å². The summed E-state index contributed by atoms with van der Waals surface area (Å²) in [5.41, 5.74) is 0.537. The van der Waals surface area contributed by atoms with Gasteiger partial charge in [-0.2, -0.15) is 0 Å². The van der Waals surface area contributed by atoms with Crippen LogP contribution in [0.3, 0.4) is 0 Å². The molecule has 1 amide bonds. The van der Waals surface area contributed by atoms with E-state index in [2.05, 4.69) is 33.2 Å². The van der Waals surface area contributed by atoms with Crippen molar-refractivity contribution in [2.75, 3.05) is 6.54 Å². The van der Waals surface area contributed by atoms with Crippen LogP contribution >= 0.6 is 27.5 Å². The summed E-state index contributed by atoms with van der Waals surface area (Å²) in [6, 6.07) is 1.73. The van der Waals surface area contributed by atoms with Crippen molar-refractivity contribution in [2.24, 2.45) is 0 Å². The largest absolute Gasteiger partial charge is 0.351 e. The second kappa shape index (κ2) is 6.86. The third kappa shape index (κ3) is 4.49. The Morgan fingerprint density at radius 3 is 3.00 bits per heavy atom. The Labute approximate surface area is 109 Å². The first-order valence-electron chi connectivity index (χ1n) is 5.16. The number of carbonyl (C=O) groups is 1. The van der Waals surface area contributed by atoms with Gasteiger partial charge in [-0.3, -0.25) is 9.78 Å². The van der Waals surface area contributed by atoms with Crippen LogP contribution in [0.25, 0.3) is 0 Å². The number of nitrogens with zero attached hydrogens (tertiary/aromatic N) is 1. The highest BCUT2D eigenvalue weighted by molar-refractivity contribution is 9.10. The van der Waals surface area contributed by atoms with Crippen LogP contribution in [-0.2, 0) is 0 Å². The topological polar surface area (TPSA) is 42.0 Å². The highest BCUT2D eigenvalue weighted by Gasteiger charge is 2.09. The number of pyridine rings is 1. The number of hydrogen-bond donors (Lipinski definition) is 1. The highest BCUT2D eigenvalue weighted by Crippen LogP contribution is 2.09. The van der Waals surface area contributed by atoms with Crippen LogP contribution < -0.4 is 5.32 Å². The lowest BCUT2D eigenvalue weighted by Crippen LogP contribution is -2.29. The molecule has 1 heterocycles. The van der Waals surface area contributed by atoms with E-state index in [4.69, 9.17) is 11.6 Å². The van der Waals surface area contributed by atoms with Gasteiger partial charge in [0.1, 0.15) is 0 Å². The number of halogens is 2. The van der Waals surface area contributed by atoms with Crippen LogP contribution in [0.2, 0.25) is 0 Å². The predicted octanol–water partition coefficient (Wildman–Crippen LogP) is 2.98. The van der Waals surface area contributed by atoms with Crippen LogP contribution in [0.15, 0.2) is 22.9 Å². The molecule has 1 aromatic rings. The average molecular weight is 306 g/mol. The van der Waals surface area contributed by atoms with E-state index in [1.807, 2.05) is 0 Å². The first kappa shape index (κ1) is 13.5. The fourth-order valence-electron chi connectivity index (χ4n) is 1.26. The number of carbonyl (C=O) groups excluding carboxylic acids is 1. The van der Waals surface area contributed by atoms with Gasteiger partial charge in [-0.1, -0.05) is 13.3 Å². The fraction of sp³-hybridized carbons (Fsp3) is 0.455. The summed E-state index contributed by atoms with van der Waals surface area (Å²) in [5, 5.41) is 2.77. The zero-order valence-electron chi connectivity index (χ0n) is 9.04. The molecule has 1 aromatic heterocycles. The number of rotatable bonds is 5. The summed E-state index contributed by atoms with van der Waals surface area (Å²) in [5.74, 6) is -0.143. The summed E-state index contributed by atoms with van der Waals surface area (Å²) < 4.78 is 0.788. The number of nitrogens with one attached hydrogen (secondary N) is 1. The van der Waals surface area contributed by atoms with Crippen LogP contribution in [-0.4, -0.2) is 22.8 Å². The van der Waals surface area contributed by atoms with Crippen molar-refractivity contribution in [2.45, 2.75) is 25.1 Å². The molecule has 0 radical (unpaired) electrons. The van der Waals surface area contributed by atoms with E-state index in [1.54, 1.807) is 12.3 Å². The van der Waals surface area contributed by atoms with Crippen molar-refractivity contribution in [1.29, 1.82) is 0 Å². The van der Waals surface area contributed by atoms with Gasteiger partial charge in [0.25, 0.3) is 5.91 Å². The highest BCUT2D eigenvalue weighted by atomic mass is 79.9. The molecule has 3 nitrogen and oxygen atoms in total. The number of amides is 1. The average Bonchev–Trinajstić information content (AvgIpc) is 2.26. The van der Waals surface area contributed by atoms with E-state index < -0.39 is 0 Å². The molecular formula is C11H14BrClN2O. The van der Waals surface area contributed by atoms with Gasteiger partial charge in [-0.05, 0) is 28.4 Å². The Kier molecular flexibility index (Phi) is 5.77. The van der Waals surface area contributed by atoms with Crippen molar-refractivity contribution >= 4 is 33.4 Å². The minimum Gasteiger partial charge on any atom is -0.351 e. The van der Waals surface area contributed by atoms with Crippen molar-refractivity contribution in [1.82, 2.24) is 10.3 Å². The van der Waals surface area contributed by atoms with E-state index in [-0.39, 0.29) is 11.3 Å². The van der Waals surface area contributed by atoms with Crippen LogP contribution in [0.5, 0.6) is 0 Å². The Bertz CT molecular complexity index is 360. The van der Waals surface area contributed by atoms with Gasteiger partial charge in [0.2, 0.25) is 0 Å². The molecule has 88 valence electrons. The standard InChI is InChI=1S/C11H14BrClN2O/c1-2-3-10(13)7-15-11(16)8-4-9(12)6-14-5-8/h4-6,10H,2-3,7H2,1H3,(H,15,16). The lowest BCUT2D eigenvalue weighted by Gasteiger charge is -2.09. The molecule has 0 spiro atoms. The third-order valence-electron chi connectivity index (χ3n) is 2.05. The summed E-state index contributed by atoms with van der Waals surface area (Å²) in [4.78, 5) is 15.6. The normalized spacial score (nSPS) is 12.2. The number of hydrogen-bond acceptors (Lipinski definition) is 2. The second-order valence-electron chi connectivity index (χ2n) is 3.49. The molecule has 1 atom stereocenters. The van der Waals surface area contributed by atoms with Crippen LogP contribution in [0.4, 0.5) is 0 Å². The lowest BCUT2D eigenvalue weighted by atomic mass is 10.2. The molecule has 0 saturated carbocycles. The molecule has 1 unspecified atom stereocenters. The molecule has 0 saturated heterocycles. The molecule has 0 bridgehead atoms. The smallest absolute Gasteiger partial charge is 0.252 e. The molecule has 16 heavy (non-hydrogen) atoms. The van der Waals surface area contributed by atoms with E-state index in [1.165, 1.54) is 6.20 Å². The first-order chi connectivity index (χ1) is 7.63. The Hall–Kier alpha value is -0.610. The van der Waals surface area contributed by atoms with Crippen molar-refractivity contribution in [3.63, 3.8) is 0 Å². The molecule has 5 heteroatoms. The fourth-order valence-corrected chi connectivity index (χ4v) is 1.92. The minimum atomic E-state index is -0.143. The second-order valence-corrected chi connectivity index (χ2v) is 5.02. The molecular weight excluding hydrogens is 291 g/mol. The van der Waals surface area contributed by atoms with E-state index >= 15 is 0 Å². The predicted molar refractivity (Wildman–Crippen MR) is 68.8 cm³/mol. The van der Waals surface area contributed by atoms with E-state index in [0.717, 1.165) is 17.3 Å². The maximum Gasteiger partial charge on any atom is 0.252 e. The van der Waals surface area contributed by atoms with Gasteiger partial charge in [-0.15, -0.1) is 11.6 Å².